The Bertz CT molecular complexity index is 597. The van der Waals surface area contributed by atoms with Crippen LogP contribution < -0.4 is 16.8 Å². The van der Waals surface area contributed by atoms with E-state index in [1.807, 2.05) is 0 Å². The van der Waals surface area contributed by atoms with Gasteiger partial charge in [0.25, 0.3) is 0 Å². The van der Waals surface area contributed by atoms with Crippen LogP contribution in [-0.2, 0) is 6.42 Å². The number of benzene rings is 1. The lowest BCUT2D eigenvalue weighted by molar-refractivity contribution is 0.487. The average Bonchev–Trinajstić information content (AvgIpc) is 2.43. The van der Waals surface area contributed by atoms with E-state index in [1.54, 1.807) is 19.1 Å². The molecule has 4 nitrogen and oxygen atoms in total. The van der Waals surface area contributed by atoms with E-state index in [0.717, 1.165) is 11.8 Å². The van der Waals surface area contributed by atoms with Gasteiger partial charge in [-0.3, -0.25) is 4.99 Å². The van der Waals surface area contributed by atoms with Crippen molar-refractivity contribution in [3.63, 3.8) is 0 Å². The van der Waals surface area contributed by atoms with Gasteiger partial charge in [0.1, 0.15) is 5.82 Å². The van der Waals surface area contributed by atoms with Gasteiger partial charge in [0.15, 0.2) is 17.6 Å². The van der Waals surface area contributed by atoms with Crippen LogP contribution in [0.2, 0.25) is 0 Å². The summed E-state index contributed by atoms with van der Waals surface area (Å²) in [4.78, 5) is 4.01. The molecule has 5 N–H and O–H groups in total. The van der Waals surface area contributed by atoms with Crippen LogP contribution in [0.3, 0.4) is 0 Å². The van der Waals surface area contributed by atoms with Crippen LogP contribution in [-0.4, -0.2) is 18.5 Å². The van der Waals surface area contributed by atoms with Gasteiger partial charge in [0.05, 0.1) is 6.54 Å². The van der Waals surface area contributed by atoms with E-state index < -0.39 is 23.5 Å². The third-order valence-corrected chi connectivity index (χ3v) is 2.76. The second-order valence-corrected chi connectivity index (χ2v) is 4.76. The van der Waals surface area contributed by atoms with Gasteiger partial charge in [0.2, 0.25) is 0 Å². The van der Waals surface area contributed by atoms with Gasteiger partial charge in [-0.2, -0.15) is 0 Å². The first-order chi connectivity index (χ1) is 10.3. The summed E-state index contributed by atoms with van der Waals surface area (Å²) in [5.74, 6) is -3.03. The van der Waals surface area contributed by atoms with Crippen LogP contribution in [0.1, 0.15) is 12.5 Å². The normalized spacial score (nSPS) is 13.9. The maximum absolute atomic E-state index is 13.5. The zero-order valence-electron chi connectivity index (χ0n) is 12.2. The molecule has 0 aliphatic heterocycles. The molecule has 0 radical (unpaired) electrons. The van der Waals surface area contributed by atoms with Crippen LogP contribution >= 0.6 is 0 Å². The highest BCUT2D eigenvalue weighted by atomic mass is 19.2. The van der Waals surface area contributed by atoms with Crippen LogP contribution in [0, 0.1) is 17.5 Å². The summed E-state index contributed by atoms with van der Waals surface area (Å²) in [6.45, 7) is 5.43. The zero-order chi connectivity index (χ0) is 16.7. The first kappa shape index (κ1) is 17.8. The van der Waals surface area contributed by atoms with Crippen molar-refractivity contribution in [1.82, 2.24) is 5.32 Å². The van der Waals surface area contributed by atoms with E-state index >= 15 is 0 Å². The van der Waals surface area contributed by atoms with Crippen molar-refractivity contribution >= 4 is 5.96 Å². The molecule has 1 unspecified atom stereocenters. The molecular formula is C15H19F3N4. The molecule has 1 rings (SSSR count). The van der Waals surface area contributed by atoms with Crippen molar-refractivity contribution in [2.24, 2.45) is 16.5 Å². The Morgan fingerprint density at radius 2 is 1.95 bits per heavy atom. The van der Waals surface area contributed by atoms with Gasteiger partial charge < -0.3 is 16.8 Å². The Hall–Kier alpha value is -2.28. The Morgan fingerprint density at radius 3 is 2.59 bits per heavy atom. The average molecular weight is 312 g/mol. The van der Waals surface area contributed by atoms with Crippen molar-refractivity contribution < 1.29 is 13.2 Å². The fraction of sp³-hybridized carbons (Fsp3) is 0.267. The number of hydrogen-bond acceptors (Lipinski definition) is 2. The molecule has 1 aromatic rings. The molecule has 0 heterocycles. The van der Waals surface area contributed by atoms with Gasteiger partial charge in [-0.05, 0) is 31.1 Å². The number of guanidine groups is 1. The molecule has 0 fully saturated rings. The quantitative estimate of drug-likeness (QED) is 0.325. The van der Waals surface area contributed by atoms with Gasteiger partial charge >= 0.3 is 0 Å². The predicted octanol–water partition coefficient (Wildman–Crippen LogP) is 1.97. The van der Waals surface area contributed by atoms with Gasteiger partial charge in [-0.1, -0.05) is 12.7 Å². The van der Waals surface area contributed by atoms with Crippen LogP contribution in [0.25, 0.3) is 0 Å². The molecular weight excluding hydrogens is 293 g/mol. The van der Waals surface area contributed by atoms with E-state index in [-0.39, 0.29) is 24.5 Å². The molecule has 0 amide bonds. The summed E-state index contributed by atoms with van der Waals surface area (Å²) < 4.78 is 39.4. The molecule has 0 aromatic heterocycles. The second kappa shape index (κ2) is 8.23. The second-order valence-electron chi connectivity index (χ2n) is 4.76. The minimum Gasteiger partial charge on any atom is -0.370 e. The maximum atomic E-state index is 13.5. The lowest BCUT2D eigenvalue weighted by atomic mass is 10.1. The number of nitrogens with zero attached hydrogens (tertiary/aromatic N) is 1. The number of halogens is 3. The van der Waals surface area contributed by atoms with E-state index in [2.05, 4.69) is 16.9 Å². The molecule has 0 spiro atoms. The largest absolute Gasteiger partial charge is 0.370 e. The number of hydrogen-bond donors (Lipinski definition) is 3. The summed E-state index contributed by atoms with van der Waals surface area (Å²) >= 11 is 0. The van der Waals surface area contributed by atoms with Crippen molar-refractivity contribution in [2.45, 2.75) is 19.4 Å². The van der Waals surface area contributed by atoms with Crippen molar-refractivity contribution in [1.29, 1.82) is 0 Å². The van der Waals surface area contributed by atoms with E-state index in [9.17, 15) is 13.2 Å². The predicted molar refractivity (Wildman–Crippen MR) is 81.6 cm³/mol. The summed E-state index contributed by atoms with van der Waals surface area (Å²) in [6, 6.07) is 0.718. The van der Waals surface area contributed by atoms with Gasteiger partial charge in [-0.25, -0.2) is 13.2 Å². The first-order valence-electron chi connectivity index (χ1n) is 6.58. The lowest BCUT2D eigenvalue weighted by Gasteiger charge is -2.11. The molecule has 120 valence electrons. The maximum Gasteiger partial charge on any atom is 0.192 e. The Labute approximate surface area is 127 Å². The van der Waals surface area contributed by atoms with E-state index in [0.29, 0.717) is 6.07 Å². The summed E-state index contributed by atoms with van der Waals surface area (Å²) in [7, 11) is 0. The van der Waals surface area contributed by atoms with Crippen molar-refractivity contribution in [3.8, 4) is 0 Å². The summed E-state index contributed by atoms with van der Waals surface area (Å²) in [5.41, 5.74) is 12.2. The number of aliphatic imine (C=N–C) groups is 1. The minimum atomic E-state index is -1.23. The van der Waals surface area contributed by atoms with Crippen molar-refractivity contribution in [2.75, 3.05) is 6.54 Å². The number of rotatable bonds is 6. The fourth-order valence-corrected chi connectivity index (χ4v) is 1.74. The third kappa shape index (κ3) is 5.61. The number of nitrogens with two attached hydrogens (primary N) is 2. The van der Waals surface area contributed by atoms with Gasteiger partial charge in [0, 0.05) is 17.8 Å². The highest BCUT2D eigenvalue weighted by Gasteiger charge is 2.13. The van der Waals surface area contributed by atoms with Gasteiger partial charge in [-0.15, -0.1) is 0 Å². The Morgan fingerprint density at radius 1 is 1.32 bits per heavy atom. The summed E-state index contributed by atoms with van der Waals surface area (Å²) in [6.07, 6.45) is 3.31. The minimum absolute atomic E-state index is 0.00383. The van der Waals surface area contributed by atoms with Crippen molar-refractivity contribution in [3.05, 3.63) is 59.6 Å². The highest BCUT2D eigenvalue weighted by Crippen LogP contribution is 2.15. The smallest absolute Gasteiger partial charge is 0.192 e. The third-order valence-electron chi connectivity index (χ3n) is 2.76. The van der Waals surface area contributed by atoms with Crippen LogP contribution in [0.15, 0.2) is 41.6 Å². The standard InChI is InChI=1S/C15H19F3N4/c1-3-4-9(2)22-15(20)21-8-11(19)5-10-6-13(17)14(18)7-12(10)16/h3-4,6-7,11H,1,5,8,19H2,2H3,(H3,20,21,22)/b9-4+. The topological polar surface area (TPSA) is 76.4 Å². The monoisotopic (exact) mass is 312 g/mol. The van der Waals surface area contributed by atoms with E-state index in [1.165, 1.54) is 0 Å². The summed E-state index contributed by atoms with van der Waals surface area (Å²) in [5, 5.41) is 2.81. The number of allylic oxidation sites excluding steroid dienone is 3. The molecule has 1 aromatic carbocycles. The first-order valence-corrected chi connectivity index (χ1v) is 6.58. The molecule has 0 aliphatic carbocycles. The molecule has 0 aliphatic rings. The Balaban J connectivity index is 2.63. The number of nitrogens with one attached hydrogen (secondary N) is 1. The highest BCUT2D eigenvalue weighted by molar-refractivity contribution is 5.79. The fourth-order valence-electron chi connectivity index (χ4n) is 1.74. The SMILES string of the molecule is C=C/C=C(\C)NC(N)=NCC(N)Cc1cc(F)c(F)cc1F. The van der Waals surface area contributed by atoms with Crippen LogP contribution in [0.5, 0.6) is 0 Å². The molecule has 1 atom stereocenters. The molecule has 0 saturated carbocycles. The van der Waals surface area contributed by atoms with Crippen LogP contribution in [0.4, 0.5) is 13.2 Å². The molecule has 22 heavy (non-hydrogen) atoms. The molecule has 7 heteroatoms. The molecule has 0 saturated heterocycles. The van der Waals surface area contributed by atoms with E-state index in [4.69, 9.17) is 11.5 Å². The Kier molecular flexibility index (Phi) is 6.65. The molecule has 0 bridgehead atoms. The lowest BCUT2D eigenvalue weighted by Crippen LogP contribution is -2.33. The zero-order valence-corrected chi connectivity index (χ0v) is 12.2.